The largest absolute Gasteiger partial charge is 0.380 e. The van der Waals surface area contributed by atoms with Crippen molar-refractivity contribution in [2.24, 2.45) is 0 Å². The Morgan fingerprint density at radius 3 is 3.08 bits per heavy atom. The third-order valence-electron chi connectivity index (χ3n) is 1.36. The van der Waals surface area contributed by atoms with Crippen molar-refractivity contribution in [1.82, 2.24) is 0 Å². The fourth-order valence-electron chi connectivity index (χ4n) is 0.855. The van der Waals surface area contributed by atoms with E-state index in [0.717, 1.165) is 0 Å². The molecule has 0 aromatic heterocycles. The molecule has 0 spiro atoms. The number of nitro groups is 1. The van der Waals surface area contributed by atoms with Crippen molar-refractivity contribution >= 4 is 5.69 Å². The topological polar surface area (TPSA) is 52.4 Å². The molecule has 0 heterocycles. The first-order chi connectivity index (χ1) is 5.74. The summed E-state index contributed by atoms with van der Waals surface area (Å²) in [5, 5.41) is 10.3. The number of ether oxygens (including phenoxy) is 1. The van der Waals surface area contributed by atoms with E-state index in [9.17, 15) is 10.1 Å². The monoisotopic (exact) mass is 166 g/mol. The second kappa shape index (κ2) is 3.82. The number of non-ortho nitro benzene ring substituents is 1. The van der Waals surface area contributed by atoms with Crippen LogP contribution in [0.25, 0.3) is 0 Å². The van der Waals surface area contributed by atoms with Gasteiger partial charge in [-0.1, -0.05) is 0 Å². The maximum absolute atomic E-state index is 10.3. The van der Waals surface area contributed by atoms with Gasteiger partial charge < -0.3 is 4.74 Å². The first-order valence-corrected chi connectivity index (χ1v) is 3.38. The van der Waals surface area contributed by atoms with Crippen LogP contribution in [0.1, 0.15) is 5.56 Å². The summed E-state index contributed by atoms with van der Waals surface area (Å²) in [7, 11) is 1.53. The number of hydrogen-bond donors (Lipinski definition) is 0. The Labute approximate surface area is 69.9 Å². The van der Waals surface area contributed by atoms with E-state index >= 15 is 0 Å². The minimum Gasteiger partial charge on any atom is -0.380 e. The normalized spacial score (nSPS) is 9.75. The summed E-state index contributed by atoms with van der Waals surface area (Å²) in [6.45, 7) is 0.349. The second-order valence-corrected chi connectivity index (χ2v) is 2.26. The highest BCUT2D eigenvalue weighted by molar-refractivity contribution is 5.33. The molecular formula is C8H8NO3. The molecule has 0 fully saturated rings. The van der Waals surface area contributed by atoms with Gasteiger partial charge in [0.15, 0.2) is 0 Å². The number of hydrogen-bond acceptors (Lipinski definition) is 3. The van der Waals surface area contributed by atoms with Crippen molar-refractivity contribution in [3.63, 3.8) is 0 Å². The predicted molar refractivity (Wildman–Crippen MR) is 42.6 cm³/mol. The Kier molecular flexibility index (Phi) is 2.76. The van der Waals surface area contributed by atoms with Crippen LogP contribution in [0.2, 0.25) is 0 Å². The number of rotatable bonds is 3. The van der Waals surface area contributed by atoms with E-state index in [-0.39, 0.29) is 5.69 Å². The molecule has 0 aliphatic rings. The lowest BCUT2D eigenvalue weighted by molar-refractivity contribution is -0.385. The van der Waals surface area contributed by atoms with E-state index < -0.39 is 4.92 Å². The molecule has 0 aliphatic heterocycles. The smallest absolute Gasteiger partial charge is 0.269 e. The van der Waals surface area contributed by atoms with Gasteiger partial charge in [-0.15, -0.1) is 0 Å². The lowest BCUT2D eigenvalue weighted by atomic mass is 10.2. The second-order valence-electron chi connectivity index (χ2n) is 2.26. The van der Waals surface area contributed by atoms with Crippen LogP contribution in [0.4, 0.5) is 5.69 Å². The molecule has 1 radical (unpaired) electrons. The molecule has 1 aromatic carbocycles. The number of nitrogens with zero attached hydrogens (tertiary/aromatic N) is 1. The van der Waals surface area contributed by atoms with Crippen molar-refractivity contribution < 1.29 is 9.66 Å². The molecule has 12 heavy (non-hydrogen) atoms. The molecule has 1 aromatic rings. The van der Waals surface area contributed by atoms with E-state index in [1.807, 2.05) is 0 Å². The van der Waals surface area contributed by atoms with Gasteiger partial charge in [0.25, 0.3) is 5.69 Å². The fourth-order valence-corrected chi connectivity index (χ4v) is 0.855. The zero-order valence-corrected chi connectivity index (χ0v) is 6.61. The average molecular weight is 166 g/mol. The molecule has 63 valence electrons. The van der Waals surface area contributed by atoms with Crippen LogP contribution in [-0.2, 0) is 11.3 Å². The van der Waals surface area contributed by atoms with Crippen molar-refractivity contribution in [3.05, 3.63) is 39.9 Å². The molecule has 4 nitrogen and oxygen atoms in total. The van der Waals surface area contributed by atoms with Gasteiger partial charge in [0.05, 0.1) is 11.5 Å². The van der Waals surface area contributed by atoms with Crippen LogP contribution in [0.5, 0.6) is 0 Å². The maximum Gasteiger partial charge on any atom is 0.269 e. The van der Waals surface area contributed by atoms with Gasteiger partial charge in [0.1, 0.15) is 0 Å². The van der Waals surface area contributed by atoms with Gasteiger partial charge in [-0.25, -0.2) is 0 Å². The maximum atomic E-state index is 10.3. The average Bonchev–Trinajstić information content (AvgIpc) is 2.05. The standard InChI is InChI=1S/C8H8NO3/c1-12-6-7-3-2-4-8(5-7)9(10)11/h2,4-5H,6H2,1H3. The zero-order valence-electron chi connectivity index (χ0n) is 6.61. The van der Waals surface area contributed by atoms with E-state index in [4.69, 9.17) is 4.74 Å². The summed E-state index contributed by atoms with van der Waals surface area (Å²) >= 11 is 0. The van der Waals surface area contributed by atoms with Crippen molar-refractivity contribution in [1.29, 1.82) is 0 Å². The third kappa shape index (κ3) is 2.03. The van der Waals surface area contributed by atoms with Crippen molar-refractivity contribution in [3.8, 4) is 0 Å². The van der Waals surface area contributed by atoms with Gasteiger partial charge in [-0.2, -0.15) is 0 Å². The molecule has 0 amide bonds. The summed E-state index contributed by atoms with van der Waals surface area (Å²) < 4.78 is 4.81. The summed E-state index contributed by atoms with van der Waals surface area (Å²) in [4.78, 5) is 9.87. The molecule has 4 heteroatoms. The van der Waals surface area contributed by atoms with E-state index in [1.54, 1.807) is 0 Å². The van der Waals surface area contributed by atoms with Crippen LogP contribution in [0, 0.1) is 16.2 Å². The molecule has 0 N–H and O–H groups in total. The summed E-state index contributed by atoms with van der Waals surface area (Å²) in [5.74, 6) is 0. The number of methoxy groups -OCH3 is 1. The summed E-state index contributed by atoms with van der Waals surface area (Å²) in [5.41, 5.74) is 0.757. The van der Waals surface area contributed by atoms with Gasteiger partial charge in [-0.3, -0.25) is 10.1 Å². The van der Waals surface area contributed by atoms with E-state index in [2.05, 4.69) is 6.07 Å². The summed E-state index contributed by atoms with van der Waals surface area (Å²) in [6, 6.07) is 7.21. The van der Waals surface area contributed by atoms with E-state index in [0.29, 0.717) is 12.2 Å². The van der Waals surface area contributed by atoms with E-state index in [1.165, 1.54) is 25.3 Å². The van der Waals surface area contributed by atoms with Crippen LogP contribution < -0.4 is 0 Å². The fraction of sp³-hybridized carbons (Fsp3) is 0.250. The zero-order chi connectivity index (χ0) is 8.97. The lowest BCUT2D eigenvalue weighted by Gasteiger charge is -1.97. The number of nitro benzene ring substituents is 1. The molecule has 0 bridgehead atoms. The molecule has 0 saturated carbocycles. The van der Waals surface area contributed by atoms with Crippen LogP contribution in [0.3, 0.4) is 0 Å². The lowest BCUT2D eigenvalue weighted by Crippen LogP contribution is -1.91. The van der Waals surface area contributed by atoms with Crippen LogP contribution >= 0.6 is 0 Å². The predicted octanol–water partition coefficient (Wildman–Crippen LogP) is 1.54. The van der Waals surface area contributed by atoms with Crippen LogP contribution in [0.15, 0.2) is 18.2 Å². The molecular weight excluding hydrogens is 158 g/mol. The summed E-state index contributed by atoms with van der Waals surface area (Å²) in [6.07, 6.45) is 0. The Bertz CT molecular complexity index is 285. The molecule has 0 aliphatic carbocycles. The SMILES string of the molecule is COCc1[c]ccc([N+](=O)[O-])c1. The highest BCUT2D eigenvalue weighted by atomic mass is 16.6. The molecule has 0 unspecified atom stereocenters. The Morgan fingerprint density at radius 2 is 2.50 bits per heavy atom. The third-order valence-corrected chi connectivity index (χ3v) is 1.36. The van der Waals surface area contributed by atoms with Crippen LogP contribution in [-0.4, -0.2) is 12.0 Å². The van der Waals surface area contributed by atoms with Gasteiger partial charge in [0, 0.05) is 19.2 Å². The highest BCUT2D eigenvalue weighted by Gasteiger charge is 2.04. The first kappa shape index (κ1) is 8.67. The molecule has 0 saturated heterocycles. The van der Waals surface area contributed by atoms with Crippen molar-refractivity contribution in [2.75, 3.05) is 7.11 Å². The number of benzene rings is 1. The van der Waals surface area contributed by atoms with Gasteiger partial charge in [0.2, 0.25) is 0 Å². The van der Waals surface area contributed by atoms with Gasteiger partial charge >= 0.3 is 0 Å². The van der Waals surface area contributed by atoms with Crippen molar-refractivity contribution in [2.45, 2.75) is 6.61 Å². The first-order valence-electron chi connectivity index (χ1n) is 3.38. The Morgan fingerprint density at radius 1 is 1.75 bits per heavy atom. The minimum absolute atomic E-state index is 0.0702. The molecule has 1 rings (SSSR count). The highest BCUT2D eigenvalue weighted by Crippen LogP contribution is 2.12. The quantitative estimate of drug-likeness (QED) is 0.505. The van der Waals surface area contributed by atoms with Gasteiger partial charge in [-0.05, 0) is 17.7 Å². The molecule has 0 atom stereocenters. The minimum atomic E-state index is -0.438. The Balaban J connectivity index is 2.88. The Hall–Kier alpha value is -1.42.